The Morgan fingerprint density at radius 2 is 1.94 bits per heavy atom. The summed E-state index contributed by atoms with van der Waals surface area (Å²) in [6.07, 6.45) is 1.65. The standard InChI is InChI=1S/C12H25NO4/c1-4-12(7-14,8-15)13-9-6-10(17-5-2)11(9)16-3/h9-11,13-15H,4-8H2,1-3H3. The van der Waals surface area contributed by atoms with Crippen LogP contribution in [0.15, 0.2) is 0 Å². The predicted molar refractivity (Wildman–Crippen MR) is 64.9 cm³/mol. The van der Waals surface area contributed by atoms with Gasteiger partial charge in [0.25, 0.3) is 0 Å². The molecule has 0 spiro atoms. The molecular weight excluding hydrogens is 222 g/mol. The van der Waals surface area contributed by atoms with Crippen molar-refractivity contribution in [1.82, 2.24) is 5.32 Å². The lowest BCUT2D eigenvalue weighted by atomic mass is 9.82. The van der Waals surface area contributed by atoms with Gasteiger partial charge in [-0.3, -0.25) is 0 Å². The third-order valence-corrected chi connectivity index (χ3v) is 3.68. The third-order valence-electron chi connectivity index (χ3n) is 3.68. The Labute approximate surface area is 103 Å². The Kier molecular flexibility index (Phi) is 5.82. The third kappa shape index (κ3) is 3.17. The molecule has 0 radical (unpaired) electrons. The maximum absolute atomic E-state index is 9.38. The maximum Gasteiger partial charge on any atom is 0.0987 e. The molecule has 17 heavy (non-hydrogen) atoms. The maximum atomic E-state index is 9.38. The fraction of sp³-hybridized carbons (Fsp3) is 1.00. The smallest absolute Gasteiger partial charge is 0.0987 e. The minimum Gasteiger partial charge on any atom is -0.394 e. The number of ether oxygens (including phenoxy) is 2. The Morgan fingerprint density at radius 3 is 2.35 bits per heavy atom. The fourth-order valence-electron chi connectivity index (χ4n) is 2.28. The van der Waals surface area contributed by atoms with E-state index in [1.165, 1.54) is 0 Å². The van der Waals surface area contributed by atoms with Crippen LogP contribution in [0.1, 0.15) is 26.7 Å². The second-order valence-electron chi connectivity index (χ2n) is 4.63. The first-order chi connectivity index (χ1) is 8.16. The lowest BCUT2D eigenvalue weighted by molar-refractivity contribution is -0.140. The molecule has 1 saturated carbocycles. The van der Waals surface area contributed by atoms with Gasteiger partial charge in [-0.15, -0.1) is 0 Å². The van der Waals surface area contributed by atoms with Crippen LogP contribution < -0.4 is 5.32 Å². The second kappa shape index (κ2) is 6.66. The molecule has 0 heterocycles. The number of nitrogens with one attached hydrogen (secondary N) is 1. The Hall–Kier alpha value is -0.200. The molecule has 0 aromatic heterocycles. The average molecular weight is 247 g/mol. The molecule has 5 nitrogen and oxygen atoms in total. The molecule has 0 saturated heterocycles. The van der Waals surface area contributed by atoms with Crippen LogP contribution in [0, 0.1) is 0 Å². The summed E-state index contributed by atoms with van der Waals surface area (Å²) >= 11 is 0. The number of rotatable bonds is 8. The summed E-state index contributed by atoms with van der Waals surface area (Å²) in [4.78, 5) is 0. The van der Waals surface area contributed by atoms with Crippen LogP contribution in [0.5, 0.6) is 0 Å². The van der Waals surface area contributed by atoms with Crippen molar-refractivity contribution >= 4 is 0 Å². The monoisotopic (exact) mass is 247 g/mol. The number of aliphatic hydroxyl groups excluding tert-OH is 2. The molecule has 3 atom stereocenters. The highest BCUT2D eigenvalue weighted by Crippen LogP contribution is 2.29. The number of aliphatic hydroxyl groups is 2. The molecule has 0 aliphatic heterocycles. The molecule has 3 N–H and O–H groups in total. The summed E-state index contributed by atoms with van der Waals surface area (Å²) in [6.45, 7) is 4.43. The van der Waals surface area contributed by atoms with Crippen molar-refractivity contribution in [2.75, 3.05) is 26.9 Å². The van der Waals surface area contributed by atoms with Gasteiger partial charge in [0, 0.05) is 19.8 Å². The first-order valence-corrected chi connectivity index (χ1v) is 6.30. The normalized spacial score (nSPS) is 29.1. The van der Waals surface area contributed by atoms with Crippen LogP contribution in [0.3, 0.4) is 0 Å². The molecule has 1 aliphatic rings. The predicted octanol–water partition coefficient (Wildman–Crippen LogP) is -0.0982. The van der Waals surface area contributed by atoms with Gasteiger partial charge in [-0.2, -0.15) is 0 Å². The minimum absolute atomic E-state index is 0.000949. The Balaban J connectivity index is 2.52. The van der Waals surface area contributed by atoms with E-state index >= 15 is 0 Å². The zero-order chi connectivity index (χ0) is 12.9. The van der Waals surface area contributed by atoms with Gasteiger partial charge >= 0.3 is 0 Å². The summed E-state index contributed by atoms with van der Waals surface area (Å²) < 4.78 is 10.9. The summed E-state index contributed by atoms with van der Waals surface area (Å²) in [6, 6.07) is 0.135. The molecule has 1 aliphatic carbocycles. The largest absolute Gasteiger partial charge is 0.394 e. The van der Waals surface area contributed by atoms with E-state index in [0.29, 0.717) is 13.0 Å². The summed E-state index contributed by atoms with van der Waals surface area (Å²) in [7, 11) is 1.66. The van der Waals surface area contributed by atoms with Crippen LogP contribution in [0.4, 0.5) is 0 Å². The average Bonchev–Trinajstić information content (AvgIpc) is 2.34. The highest BCUT2D eigenvalue weighted by Gasteiger charge is 2.45. The van der Waals surface area contributed by atoms with Gasteiger partial charge in [-0.1, -0.05) is 6.92 Å². The zero-order valence-electron chi connectivity index (χ0n) is 11.0. The van der Waals surface area contributed by atoms with Gasteiger partial charge in [-0.05, 0) is 19.8 Å². The molecule has 1 rings (SSSR count). The Morgan fingerprint density at radius 1 is 1.29 bits per heavy atom. The summed E-state index contributed by atoms with van der Waals surface area (Å²) in [5.41, 5.74) is -0.612. The highest BCUT2D eigenvalue weighted by atomic mass is 16.5. The van der Waals surface area contributed by atoms with E-state index in [-0.39, 0.29) is 31.5 Å². The van der Waals surface area contributed by atoms with Crippen LogP contribution in [0.2, 0.25) is 0 Å². The SMILES string of the molecule is CCOC1CC(NC(CC)(CO)CO)C1OC. The summed E-state index contributed by atoms with van der Waals surface area (Å²) in [5.74, 6) is 0. The lowest BCUT2D eigenvalue weighted by Crippen LogP contribution is -2.67. The molecule has 0 aromatic rings. The van der Waals surface area contributed by atoms with Crippen molar-refractivity contribution in [3.05, 3.63) is 0 Å². The number of methoxy groups -OCH3 is 1. The van der Waals surface area contributed by atoms with Crippen molar-refractivity contribution in [2.45, 2.75) is 50.5 Å². The van der Waals surface area contributed by atoms with Gasteiger partial charge < -0.3 is 25.0 Å². The molecule has 3 unspecified atom stereocenters. The van der Waals surface area contributed by atoms with E-state index in [4.69, 9.17) is 9.47 Å². The van der Waals surface area contributed by atoms with Crippen molar-refractivity contribution in [2.24, 2.45) is 0 Å². The molecule has 102 valence electrons. The van der Waals surface area contributed by atoms with Gasteiger partial charge in [0.05, 0.1) is 31.0 Å². The molecule has 0 bridgehead atoms. The molecule has 0 aromatic carbocycles. The van der Waals surface area contributed by atoms with Crippen LogP contribution in [-0.2, 0) is 9.47 Å². The van der Waals surface area contributed by atoms with Crippen molar-refractivity contribution in [3.8, 4) is 0 Å². The van der Waals surface area contributed by atoms with Crippen LogP contribution in [0.25, 0.3) is 0 Å². The van der Waals surface area contributed by atoms with E-state index < -0.39 is 5.54 Å². The zero-order valence-corrected chi connectivity index (χ0v) is 11.0. The van der Waals surface area contributed by atoms with E-state index in [2.05, 4.69) is 5.32 Å². The fourth-order valence-corrected chi connectivity index (χ4v) is 2.28. The summed E-state index contributed by atoms with van der Waals surface area (Å²) in [5, 5.41) is 22.1. The number of hydrogen-bond donors (Lipinski definition) is 3. The first kappa shape index (κ1) is 14.9. The van der Waals surface area contributed by atoms with Crippen LogP contribution >= 0.6 is 0 Å². The first-order valence-electron chi connectivity index (χ1n) is 6.30. The van der Waals surface area contributed by atoms with E-state index in [9.17, 15) is 10.2 Å². The molecule has 0 amide bonds. The Bertz CT molecular complexity index is 212. The van der Waals surface area contributed by atoms with Crippen molar-refractivity contribution in [1.29, 1.82) is 0 Å². The number of hydrogen-bond acceptors (Lipinski definition) is 5. The highest BCUT2D eigenvalue weighted by molar-refractivity contribution is 5.02. The molecule has 1 fully saturated rings. The second-order valence-corrected chi connectivity index (χ2v) is 4.63. The lowest BCUT2D eigenvalue weighted by Gasteiger charge is -2.47. The molecular formula is C12H25NO4. The van der Waals surface area contributed by atoms with Gasteiger partial charge in [-0.25, -0.2) is 0 Å². The van der Waals surface area contributed by atoms with E-state index in [0.717, 1.165) is 6.42 Å². The van der Waals surface area contributed by atoms with Gasteiger partial charge in [0.1, 0.15) is 0 Å². The topological polar surface area (TPSA) is 71.0 Å². The molecule has 5 heteroatoms. The van der Waals surface area contributed by atoms with E-state index in [1.807, 2.05) is 13.8 Å². The minimum atomic E-state index is -0.612. The quantitative estimate of drug-likeness (QED) is 0.559. The van der Waals surface area contributed by atoms with Gasteiger partial charge in [0.2, 0.25) is 0 Å². The van der Waals surface area contributed by atoms with Crippen molar-refractivity contribution in [3.63, 3.8) is 0 Å². The van der Waals surface area contributed by atoms with Crippen molar-refractivity contribution < 1.29 is 19.7 Å². The van der Waals surface area contributed by atoms with E-state index in [1.54, 1.807) is 7.11 Å². The van der Waals surface area contributed by atoms with Crippen LogP contribution in [-0.4, -0.2) is 60.9 Å². The van der Waals surface area contributed by atoms with Gasteiger partial charge in [0.15, 0.2) is 0 Å².